The molecule has 4 bridgehead atoms. The smallest absolute Gasteiger partial charge is 0.234 e. The maximum Gasteiger partial charge on any atom is 0.234 e. The molecule has 4 aliphatic carbocycles. The van der Waals surface area contributed by atoms with Gasteiger partial charge in [0, 0.05) is 5.54 Å². The fourth-order valence-electron chi connectivity index (χ4n) is 4.76. The predicted octanol–water partition coefficient (Wildman–Crippen LogP) is -1.71. The number of carbonyl (C=O) groups excluding carboxylic acids is 1. The highest BCUT2D eigenvalue weighted by Crippen LogP contribution is 2.55. The van der Waals surface area contributed by atoms with Crippen molar-refractivity contribution in [3.63, 3.8) is 0 Å². The van der Waals surface area contributed by atoms with E-state index in [0.717, 1.165) is 17.8 Å². The minimum Gasteiger partial charge on any atom is -1.00 e. The molecule has 4 rings (SSSR count). The Bertz CT molecular complexity index is 271. The van der Waals surface area contributed by atoms with Gasteiger partial charge >= 0.3 is 0 Å². The lowest BCUT2D eigenvalue weighted by Crippen LogP contribution is -3.00. The third-order valence-electron chi connectivity index (χ3n) is 4.78. The Balaban J connectivity index is 0.00000108. The van der Waals surface area contributed by atoms with Crippen LogP contribution >= 0.6 is 0 Å². The molecular formula is C13H22ClN2O-. The van der Waals surface area contributed by atoms with Gasteiger partial charge in [0.1, 0.15) is 0 Å². The van der Waals surface area contributed by atoms with E-state index >= 15 is 0 Å². The minimum absolute atomic E-state index is 0. The summed E-state index contributed by atoms with van der Waals surface area (Å²) < 4.78 is 0. The van der Waals surface area contributed by atoms with Crippen LogP contribution in [0.25, 0.3) is 0 Å². The predicted molar refractivity (Wildman–Crippen MR) is 63.0 cm³/mol. The standard InChI is InChI=1S/C13H22N2O.ClH/c1-14-8-12(16)15-13-5-9-2-10(6-13)4-11(3-9)7-13;/h9-11,14H,2-8H2,1H3,(H,15,16);1H/p-1. The maximum absolute atomic E-state index is 11.8. The van der Waals surface area contributed by atoms with Gasteiger partial charge in [0.25, 0.3) is 0 Å². The molecule has 1 amide bonds. The van der Waals surface area contributed by atoms with E-state index in [2.05, 4.69) is 10.6 Å². The van der Waals surface area contributed by atoms with Crippen molar-refractivity contribution in [2.75, 3.05) is 13.6 Å². The molecule has 4 aliphatic rings. The Kier molecular flexibility index (Phi) is 3.69. The molecule has 0 radical (unpaired) electrons. The van der Waals surface area contributed by atoms with Crippen molar-refractivity contribution >= 4 is 5.91 Å². The summed E-state index contributed by atoms with van der Waals surface area (Å²) in [4.78, 5) is 11.8. The van der Waals surface area contributed by atoms with Crippen molar-refractivity contribution in [1.82, 2.24) is 10.6 Å². The second kappa shape index (κ2) is 4.77. The zero-order chi connectivity index (χ0) is 11.2. The van der Waals surface area contributed by atoms with Crippen molar-refractivity contribution in [3.05, 3.63) is 0 Å². The Morgan fingerprint density at radius 1 is 1.12 bits per heavy atom. The molecule has 0 heterocycles. The van der Waals surface area contributed by atoms with E-state index in [1.165, 1.54) is 38.5 Å². The normalized spacial score (nSPS) is 42.1. The molecule has 0 aliphatic heterocycles. The maximum atomic E-state index is 11.8. The lowest BCUT2D eigenvalue weighted by atomic mass is 9.53. The number of likely N-dealkylation sites (N-methyl/N-ethyl adjacent to an activating group) is 1. The van der Waals surface area contributed by atoms with E-state index < -0.39 is 0 Å². The fraction of sp³-hybridized carbons (Fsp3) is 0.923. The van der Waals surface area contributed by atoms with Gasteiger partial charge in [-0.15, -0.1) is 0 Å². The summed E-state index contributed by atoms with van der Waals surface area (Å²) in [6.07, 6.45) is 8.03. The summed E-state index contributed by atoms with van der Waals surface area (Å²) in [6.45, 7) is 0.460. The van der Waals surface area contributed by atoms with Crippen LogP contribution < -0.4 is 23.0 Å². The molecule has 0 saturated heterocycles. The van der Waals surface area contributed by atoms with E-state index in [0.29, 0.717) is 6.54 Å². The monoisotopic (exact) mass is 257 g/mol. The van der Waals surface area contributed by atoms with Crippen LogP contribution in [0.2, 0.25) is 0 Å². The van der Waals surface area contributed by atoms with Crippen LogP contribution in [0.5, 0.6) is 0 Å². The van der Waals surface area contributed by atoms with Gasteiger partial charge in [-0.1, -0.05) is 0 Å². The molecule has 4 heteroatoms. The van der Waals surface area contributed by atoms with Crippen LogP contribution in [0, 0.1) is 17.8 Å². The number of amides is 1. The Morgan fingerprint density at radius 3 is 2.00 bits per heavy atom. The number of carbonyl (C=O) groups is 1. The molecule has 3 nitrogen and oxygen atoms in total. The van der Waals surface area contributed by atoms with Crippen LogP contribution in [0.4, 0.5) is 0 Å². The molecule has 4 saturated carbocycles. The lowest BCUT2D eigenvalue weighted by molar-refractivity contribution is -0.125. The first kappa shape index (κ1) is 13.2. The first-order valence-corrected chi connectivity index (χ1v) is 6.65. The quantitative estimate of drug-likeness (QED) is 0.633. The first-order chi connectivity index (χ1) is 7.69. The van der Waals surface area contributed by atoms with Gasteiger partial charge in [-0.2, -0.15) is 0 Å². The van der Waals surface area contributed by atoms with Crippen LogP contribution in [-0.4, -0.2) is 25.0 Å². The molecule has 17 heavy (non-hydrogen) atoms. The molecule has 0 aromatic rings. The number of hydrogen-bond donors (Lipinski definition) is 2. The Hall–Kier alpha value is -0.280. The Morgan fingerprint density at radius 2 is 1.59 bits per heavy atom. The van der Waals surface area contributed by atoms with Gasteiger partial charge in [-0.3, -0.25) is 4.79 Å². The zero-order valence-electron chi connectivity index (χ0n) is 10.5. The van der Waals surface area contributed by atoms with Crippen LogP contribution in [0.15, 0.2) is 0 Å². The molecule has 0 atom stereocenters. The highest BCUT2D eigenvalue weighted by molar-refractivity contribution is 5.78. The van der Waals surface area contributed by atoms with Gasteiger partial charge in [0.2, 0.25) is 5.91 Å². The van der Waals surface area contributed by atoms with Gasteiger partial charge in [-0.05, 0) is 63.3 Å². The summed E-state index contributed by atoms with van der Waals surface area (Å²) in [7, 11) is 1.83. The number of rotatable bonds is 3. The lowest BCUT2D eigenvalue weighted by Gasteiger charge is -2.56. The SMILES string of the molecule is CNCC(=O)NC12CC3CC(CC(C3)C1)C2.[Cl-]. The summed E-state index contributed by atoms with van der Waals surface area (Å²) in [5.41, 5.74) is 0.183. The summed E-state index contributed by atoms with van der Waals surface area (Å²) in [5.74, 6) is 2.90. The molecule has 2 N–H and O–H groups in total. The molecule has 0 aromatic heterocycles. The van der Waals surface area contributed by atoms with E-state index in [9.17, 15) is 4.79 Å². The third kappa shape index (κ3) is 2.45. The van der Waals surface area contributed by atoms with E-state index in [4.69, 9.17) is 0 Å². The zero-order valence-corrected chi connectivity index (χ0v) is 11.2. The summed E-state index contributed by atoms with van der Waals surface area (Å²) in [5, 5.41) is 6.26. The summed E-state index contributed by atoms with van der Waals surface area (Å²) >= 11 is 0. The highest BCUT2D eigenvalue weighted by Gasteiger charge is 2.51. The van der Waals surface area contributed by atoms with Crippen molar-refractivity contribution in [3.8, 4) is 0 Å². The topological polar surface area (TPSA) is 41.1 Å². The van der Waals surface area contributed by atoms with Crippen molar-refractivity contribution < 1.29 is 17.2 Å². The average Bonchev–Trinajstić information content (AvgIpc) is 2.13. The van der Waals surface area contributed by atoms with Crippen LogP contribution in [-0.2, 0) is 4.79 Å². The van der Waals surface area contributed by atoms with Crippen molar-refractivity contribution in [2.45, 2.75) is 44.1 Å². The third-order valence-corrected chi connectivity index (χ3v) is 4.78. The minimum atomic E-state index is 0. The van der Waals surface area contributed by atoms with Crippen LogP contribution in [0.1, 0.15) is 38.5 Å². The first-order valence-electron chi connectivity index (χ1n) is 6.65. The number of hydrogen-bond acceptors (Lipinski definition) is 2. The molecule has 0 spiro atoms. The van der Waals surface area contributed by atoms with E-state index in [1.54, 1.807) is 0 Å². The molecule has 0 aromatic carbocycles. The molecule has 98 valence electrons. The summed E-state index contributed by atoms with van der Waals surface area (Å²) in [6, 6.07) is 0. The van der Waals surface area contributed by atoms with Gasteiger partial charge in [0.15, 0.2) is 0 Å². The van der Waals surface area contributed by atoms with Gasteiger partial charge in [-0.25, -0.2) is 0 Å². The second-order valence-electron chi connectivity index (χ2n) is 6.28. The average molecular weight is 258 g/mol. The van der Waals surface area contributed by atoms with Gasteiger partial charge in [0.05, 0.1) is 6.54 Å². The fourth-order valence-corrected chi connectivity index (χ4v) is 4.76. The van der Waals surface area contributed by atoms with Gasteiger partial charge < -0.3 is 23.0 Å². The van der Waals surface area contributed by atoms with Crippen molar-refractivity contribution in [1.29, 1.82) is 0 Å². The Labute approximate surface area is 110 Å². The second-order valence-corrected chi connectivity index (χ2v) is 6.28. The van der Waals surface area contributed by atoms with Crippen LogP contribution in [0.3, 0.4) is 0 Å². The molecule has 0 unspecified atom stereocenters. The number of halogens is 1. The largest absolute Gasteiger partial charge is 1.00 e. The van der Waals surface area contributed by atoms with E-state index in [-0.39, 0.29) is 23.9 Å². The highest BCUT2D eigenvalue weighted by atomic mass is 35.5. The molecular weight excluding hydrogens is 236 g/mol. The number of nitrogens with one attached hydrogen (secondary N) is 2. The van der Waals surface area contributed by atoms with E-state index in [1.807, 2.05) is 7.05 Å². The van der Waals surface area contributed by atoms with Crippen molar-refractivity contribution in [2.24, 2.45) is 17.8 Å². The molecule has 4 fully saturated rings.